The van der Waals surface area contributed by atoms with Crippen molar-refractivity contribution < 1.29 is 26.7 Å². The van der Waals surface area contributed by atoms with Crippen molar-refractivity contribution in [2.45, 2.75) is 24.6 Å². The van der Waals surface area contributed by atoms with Gasteiger partial charge in [0.15, 0.2) is 22.1 Å². The second-order valence-corrected chi connectivity index (χ2v) is 3.07. The number of rotatable bonds is 4. The van der Waals surface area contributed by atoms with Crippen LogP contribution in [0.4, 0.5) is 22.0 Å². The van der Waals surface area contributed by atoms with Crippen LogP contribution in [0.25, 0.3) is 0 Å². The minimum Gasteiger partial charge on any atom is -0.435 e. The van der Waals surface area contributed by atoms with Gasteiger partial charge in [-0.3, -0.25) is 0 Å². The Morgan fingerprint density at radius 2 is 1.36 bits per heavy atom. The van der Waals surface area contributed by atoms with E-state index in [9.17, 15) is 22.0 Å². The predicted octanol–water partition coefficient (Wildman–Crippen LogP) is 0.299. The standard InChI is InChI=1S/C4H7F5OSi/c5-1(3(7)8)2(6)4(9)11-10/h1-4,10H,11H2. The molecule has 7 heteroatoms. The summed E-state index contributed by atoms with van der Waals surface area (Å²) in [6.45, 7) is 0. The van der Waals surface area contributed by atoms with Crippen LogP contribution in [-0.2, 0) is 0 Å². The summed E-state index contributed by atoms with van der Waals surface area (Å²) in [5, 5.41) is 0. The normalized spacial score (nSPS) is 21.0. The van der Waals surface area contributed by atoms with Crippen LogP contribution in [0, 0.1) is 0 Å². The van der Waals surface area contributed by atoms with Gasteiger partial charge in [-0.25, -0.2) is 22.0 Å². The van der Waals surface area contributed by atoms with Crippen molar-refractivity contribution in [3.63, 3.8) is 0 Å². The maximum atomic E-state index is 12.1. The zero-order chi connectivity index (χ0) is 9.02. The fraction of sp³-hybridized carbons (Fsp3) is 1.00. The molecule has 0 aromatic rings. The second-order valence-electron chi connectivity index (χ2n) is 1.92. The van der Waals surface area contributed by atoms with Crippen molar-refractivity contribution in [3.8, 4) is 0 Å². The molecule has 0 aromatic heterocycles. The van der Waals surface area contributed by atoms with E-state index in [4.69, 9.17) is 4.80 Å². The molecular weight excluding hydrogens is 187 g/mol. The lowest BCUT2D eigenvalue weighted by Crippen LogP contribution is -2.36. The average molecular weight is 194 g/mol. The van der Waals surface area contributed by atoms with E-state index in [0.717, 1.165) is 0 Å². The highest BCUT2D eigenvalue weighted by molar-refractivity contribution is 6.27. The van der Waals surface area contributed by atoms with Crippen molar-refractivity contribution in [2.75, 3.05) is 0 Å². The summed E-state index contributed by atoms with van der Waals surface area (Å²) >= 11 is 0. The molecule has 0 aliphatic carbocycles. The fourth-order valence-corrected chi connectivity index (χ4v) is 0.901. The van der Waals surface area contributed by atoms with Crippen LogP contribution in [0.15, 0.2) is 0 Å². The van der Waals surface area contributed by atoms with Crippen LogP contribution in [-0.4, -0.2) is 39.1 Å². The SMILES string of the molecule is O[SiH2]C(F)C(F)C(F)C(F)F. The lowest BCUT2D eigenvalue weighted by molar-refractivity contribution is -0.0114. The second kappa shape index (κ2) is 4.65. The molecule has 0 aliphatic heterocycles. The van der Waals surface area contributed by atoms with Crippen molar-refractivity contribution in [1.29, 1.82) is 0 Å². The number of alkyl halides is 5. The summed E-state index contributed by atoms with van der Waals surface area (Å²) in [6, 6.07) is 0. The van der Waals surface area contributed by atoms with Gasteiger partial charge in [0.2, 0.25) is 0 Å². The molecule has 0 saturated heterocycles. The smallest absolute Gasteiger partial charge is 0.272 e. The lowest BCUT2D eigenvalue weighted by Gasteiger charge is -2.14. The van der Waals surface area contributed by atoms with E-state index in [1.165, 1.54) is 0 Å². The van der Waals surface area contributed by atoms with Gasteiger partial charge in [0, 0.05) is 0 Å². The number of halogens is 5. The Balaban J connectivity index is 3.90. The van der Waals surface area contributed by atoms with Crippen LogP contribution >= 0.6 is 0 Å². The third-order valence-corrected chi connectivity index (χ3v) is 1.86. The molecule has 0 fully saturated rings. The van der Waals surface area contributed by atoms with Crippen molar-refractivity contribution in [3.05, 3.63) is 0 Å². The zero-order valence-electron chi connectivity index (χ0n) is 5.35. The third kappa shape index (κ3) is 3.15. The first kappa shape index (κ1) is 10.8. The Kier molecular flexibility index (Phi) is 4.58. The van der Waals surface area contributed by atoms with E-state index in [-0.39, 0.29) is 0 Å². The van der Waals surface area contributed by atoms with Crippen LogP contribution < -0.4 is 0 Å². The minimum absolute atomic E-state index is 2.40. The van der Waals surface area contributed by atoms with Crippen LogP contribution in [0.2, 0.25) is 0 Å². The fourth-order valence-electron chi connectivity index (χ4n) is 0.439. The molecule has 3 atom stereocenters. The molecule has 1 nitrogen and oxygen atoms in total. The molecule has 3 unspecified atom stereocenters. The van der Waals surface area contributed by atoms with E-state index >= 15 is 0 Å². The molecule has 0 aromatic carbocycles. The molecule has 0 amide bonds. The summed E-state index contributed by atoms with van der Waals surface area (Å²) < 4.78 is 58.6. The Labute approximate surface area is 62.2 Å². The number of hydrogen-bond donors (Lipinski definition) is 1. The molecule has 0 saturated carbocycles. The van der Waals surface area contributed by atoms with E-state index < -0.39 is 34.3 Å². The molecule has 0 spiro atoms. The van der Waals surface area contributed by atoms with Gasteiger partial charge in [0.25, 0.3) is 6.43 Å². The van der Waals surface area contributed by atoms with Gasteiger partial charge >= 0.3 is 0 Å². The van der Waals surface area contributed by atoms with Crippen LogP contribution in [0.5, 0.6) is 0 Å². The molecule has 0 aliphatic rings. The first-order valence-corrected chi connectivity index (χ1v) is 4.26. The summed E-state index contributed by atoms with van der Waals surface area (Å²) in [5.41, 5.74) is 0. The molecule has 11 heavy (non-hydrogen) atoms. The monoisotopic (exact) mass is 194 g/mol. The van der Waals surface area contributed by atoms with Gasteiger partial charge in [-0.05, 0) is 0 Å². The average Bonchev–Trinajstić information content (AvgIpc) is 2.00. The van der Waals surface area contributed by atoms with Crippen molar-refractivity contribution in [1.82, 2.24) is 0 Å². The van der Waals surface area contributed by atoms with E-state index in [1.54, 1.807) is 0 Å². The Hall–Kier alpha value is -0.173. The summed E-state index contributed by atoms with van der Waals surface area (Å²) in [4.78, 5) is 8.05. The van der Waals surface area contributed by atoms with Crippen LogP contribution in [0.1, 0.15) is 0 Å². The van der Waals surface area contributed by atoms with Gasteiger partial charge in [-0.15, -0.1) is 0 Å². The zero-order valence-corrected chi connectivity index (χ0v) is 6.77. The largest absolute Gasteiger partial charge is 0.435 e. The minimum atomic E-state index is -3.54. The highest BCUT2D eigenvalue weighted by atomic mass is 28.2. The first-order chi connectivity index (χ1) is 5.00. The van der Waals surface area contributed by atoms with Crippen molar-refractivity contribution in [2.24, 2.45) is 0 Å². The summed E-state index contributed by atoms with van der Waals surface area (Å²) in [6.07, 6.45) is -9.57. The topological polar surface area (TPSA) is 20.2 Å². The van der Waals surface area contributed by atoms with Crippen LogP contribution in [0.3, 0.4) is 0 Å². The van der Waals surface area contributed by atoms with Gasteiger partial charge in [0.05, 0.1) is 0 Å². The van der Waals surface area contributed by atoms with E-state index in [2.05, 4.69) is 0 Å². The maximum absolute atomic E-state index is 12.1. The molecule has 0 heterocycles. The highest BCUT2D eigenvalue weighted by Crippen LogP contribution is 2.17. The summed E-state index contributed by atoms with van der Waals surface area (Å²) in [5.74, 6) is -2.45. The molecule has 0 radical (unpaired) electrons. The van der Waals surface area contributed by atoms with E-state index in [1.807, 2.05) is 0 Å². The van der Waals surface area contributed by atoms with Gasteiger partial charge in [0.1, 0.15) is 5.79 Å². The predicted molar refractivity (Wildman–Crippen MR) is 31.5 cm³/mol. The highest BCUT2D eigenvalue weighted by Gasteiger charge is 2.35. The Bertz CT molecular complexity index is 113. The quantitative estimate of drug-likeness (QED) is 0.504. The Morgan fingerprint density at radius 1 is 0.909 bits per heavy atom. The molecule has 1 N–H and O–H groups in total. The van der Waals surface area contributed by atoms with Gasteiger partial charge < -0.3 is 4.80 Å². The first-order valence-electron chi connectivity index (χ1n) is 2.82. The van der Waals surface area contributed by atoms with Gasteiger partial charge in [-0.2, -0.15) is 0 Å². The van der Waals surface area contributed by atoms with Gasteiger partial charge in [-0.1, -0.05) is 0 Å². The summed E-state index contributed by atoms with van der Waals surface area (Å²) in [7, 11) is -2.40. The van der Waals surface area contributed by atoms with Crippen molar-refractivity contribution >= 4 is 9.76 Å². The van der Waals surface area contributed by atoms with E-state index in [0.29, 0.717) is 0 Å². The Morgan fingerprint density at radius 3 is 1.64 bits per heavy atom. The molecule has 68 valence electrons. The molecule has 0 bridgehead atoms. The maximum Gasteiger partial charge on any atom is 0.272 e. The molecular formula is C4H7F5OSi. The lowest BCUT2D eigenvalue weighted by atomic mass is 10.3. The third-order valence-electron chi connectivity index (χ3n) is 1.06. The number of hydrogen-bond acceptors (Lipinski definition) is 1. The molecule has 0 rings (SSSR count).